The Kier molecular flexibility index (Phi) is 6.24. The highest BCUT2D eigenvalue weighted by atomic mass is 15.0. The Morgan fingerprint density at radius 1 is 0.364 bits per heavy atom. The molecule has 0 unspecified atom stereocenters. The van der Waals surface area contributed by atoms with Gasteiger partial charge in [0.05, 0.1) is 33.5 Å². The lowest BCUT2D eigenvalue weighted by Crippen LogP contribution is -2.01. The first-order valence-electron chi connectivity index (χ1n) is 18.4. The zero-order valence-electron chi connectivity index (χ0n) is 29.3. The van der Waals surface area contributed by atoms with E-state index < -0.39 is 0 Å². The van der Waals surface area contributed by atoms with Crippen LogP contribution in [0.4, 0.5) is 0 Å². The minimum absolute atomic E-state index is 0.618. The number of hydrogen-bond acceptors (Lipinski definition) is 5. The number of fused-ring (bicyclic) bond motifs is 10. The molecule has 0 radical (unpaired) electrons. The highest BCUT2D eigenvalue weighted by Crippen LogP contribution is 2.51. The predicted octanol–water partition coefficient (Wildman–Crippen LogP) is 11.9. The van der Waals surface area contributed by atoms with Gasteiger partial charge in [0, 0.05) is 55.0 Å². The van der Waals surface area contributed by atoms with Gasteiger partial charge in [-0.3, -0.25) is 0 Å². The van der Waals surface area contributed by atoms with Crippen LogP contribution in [0.2, 0.25) is 0 Å². The Balaban J connectivity index is 1.15. The van der Waals surface area contributed by atoms with Crippen LogP contribution in [0.1, 0.15) is 0 Å². The first-order valence-corrected chi connectivity index (χ1v) is 18.4. The van der Waals surface area contributed by atoms with Crippen LogP contribution in [0.15, 0.2) is 170 Å². The molecular weight excluding hydrogens is 673 g/mol. The summed E-state index contributed by atoms with van der Waals surface area (Å²) in [6.07, 6.45) is 0. The number of hydrogen-bond donors (Lipinski definition) is 0. The molecular formula is C49H28N6. The summed E-state index contributed by atoms with van der Waals surface area (Å²) in [5, 5.41) is 7.15. The molecule has 11 aromatic rings. The third kappa shape index (κ3) is 4.46. The normalized spacial score (nSPS) is 12.0. The van der Waals surface area contributed by atoms with Crippen molar-refractivity contribution in [3.05, 3.63) is 170 Å². The molecule has 8 aromatic carbocycles. The summed E-state index contributed by atoms with van der Waals surface area (Å²) in [5.74, 6) is 1.89. The topological polar surface area (TPSA) is 69.4 Å². The zero-order valence-corrected chi connectivity index (χ0v) is 29.3. The molecule has 0 aliphatic heterocycles. The highest BCUT2D eigenvalue weighted by molar-refractivity contribution is 6.30. The van der Waals surface area contributed by atoms with Crippen molar-refractivity contribution in [2.45, 2.75) is 0 Å². The lowest BCUT2D eigenvalue weighted by molar-refractivity contribution is 1.07. The van der Waals surface area contributed by atoms with Crippen molar-refractivity contribution < 1.29 is 0 Å². The van der Waals surface area contributed by atoms with Crippen LogP contribution in [-0.2, 0) is 0 Å². The molecule has 0 saturated heterocycles. The lowest BCUT2D eigenvalue weighted by atomic mass is 9.98. The minimum Gasteiger partial charge on any atom is -0.309 e. The summed E-state index contributed by atoms with van der Waals surface area (Å²) >= 11 is 0. The Labute approximate surface area is 315 Å². The van der Waals surface area contributed by atoms with E-state index in [1.54, 1.807) is 0 Å². The predicted molar refractivity (Wildman–Crippen MR) is 223 cm³/mol. The molecule has 6 nitrogen and oxygen atoms in total. The second-order valence-electron chi connectivity index (χ2n) is 14.1. The average molecular weight is 701 g/mol. The van der Waals surface area contributed by atoms with E-state index in [0.29, 0.717) is 17.5 Å². The van der Waals surface area contributed by atoms with Gasteiger partial charge in [0.25, 0.3) is 0 Å². The molecule has 12 rings (SSSR count). The van der Waals surface area contributed by atoms with E-state index in [1.165, 1.54) is 26.9 Å². The second-order valence-corrected chi connectivity index (χ2v) is 14.1. The SMILES string of the molecule is c1ccc(-c2nc(-c3ccccc3)nc(-c3cccc(-n4c5ccc6ccccc6c5c5cc6c7c(cccc7c54)-c4nc5ccccc5nc4-6)c3)n2)cc1. The van der Waals surface area contributed by atoms with Crippen molar-refractivity contribution in [1.29, 1.82) is 0 Å². The molecule has 0 saturated carbocycles. The van der Waals surface area contributed by atoms with Gasteiger partial charge in [0.2, 0.25) is 0 Å². The first kappa shape index (κ1) is 29.9. The quantitative estimate of drug-likeness (QED) is 0.183. The largest absolute Gasteiger partial charge is 0.309 e. The van der Waals surface area contributed by atoms with Crippen LogP contribution in [0.25, 0.3) is 117 Å². The summed E-state index contributed by atoms with van der Waals surface area (Å²) in [6, 6.07) is 59.1. The van der Waals surface area contributed by atoms with Crippen molar-refractivity contribution in [2.24, 2.45) is 0 Å². The summed E-state index contributed by atoms with van der Waals surface area (Å²) in [4.78, 5) is 25.5. The molecule has 6 heteroatoms. The second kappa shape index (κ2) is 11.5. The van der Waals surface area contributed by atoms with Gasteiger partial charge in [0.1, 0.15) is 0 Å². The van der Waals surface area contributed by atoms with Crippen LogP contribution in [0.5, 0.6) is 0 Å². The van der Waals surface area contributed by atoms with Crippen LogP contribution < -0.4 is 0 Å². The van der Waals surface area contributed by atoms with Crippen molar-refractivity contribution >= 4 is 54.4 Å². The first-order chi connectivity index (χ1) is 27.3. The van der Waals surface area contributed by atoms with E-state index in [0.717, 1.165) is 72.3 Å². The smallest absolute Gasteiger partial charge is 0.164 e. The summed E-state index contributed by atoms with van der Waals surface area (Å²) in [7, 11) is 0. The molecule has 55 heavy (non-hydrogen) atoms. The van der Waals surface area contributed by atoms with E-state index in [9.17, 15) is 0 Å². The molecule has 0 N–H and O–H groups in total. The van der Waals surface area contributed by atoms with Crippen LogP contribution in [-0.4, -0.2) is 29.5 Å². The monoisotopic (exact) mass is 700 g/mol. The number of nitrogens with zero attached hydrogens (tertiary/aromatic N) is 6. The van der Waals surface area contributed by atoms with Gasteiger partial charge in [-0.25, -0.2) is 24.9 Å². The number of para-hydroxylation sites is 2. The molecule has 1 aliphatic rings. The zero-order chi connectivity index (χ0) is 36.0. The third-order valence-electron chi connectivity index (χ3n) is 10.9. The summed E-state index contributed by atoms with van der Waals surface area (Å²) in [6.45, 7) is 0. The van der Waals surface area contributed by atoms with E-state index in [4.69, 9.17) is 24.9 Å². The average Bonchev–Trinajstić information content (AvgIpc) is 3.77. The molecule has 0 spiro atoms. The van der Waals surface area contributed by atoms with E-state index in [-0.39, 0.29) is 0 Å². The maximum atomic E-state index is 5.22. The van der Waals surface area contributed by atoms with Gasteiger partial charge < -0.3 is 4.57 Å². The van der Waals surface area contributed by atoms with Gasteiger partial charge >= 0.3 is 0 Å². The van der Waals surface area contributed by atoms with Gasteiger partial charge in [-0.15, -0.1) is 0 Å². The molecule has 0 atom stereocenters. The summed E-state index contributed by atoms with van der Waals surface area (Å²) in [5.41, 5.74) is 12.0. The lowest BCUT2D eigenvalue weighted by Gasteiger charge is -2.13. The molecule has 3 heterocycles. The third-order valence-corrected chi connectivity index (χ3v) is 10.9. The van der Waals surface area contributed by atoms with Crippen molar-refractivity contribution in [2.75, 3.05) is 0 Å². The molecule has 3 aromatic heterocycles. The fraction of sp³-hybridized carbons (Fsp3) is 0. The van der Waals surface area contributed by atoms with Crippen molar-refractivity contribution in [3.63, 3.8) is 0 Å². The van der Waals surface area contributed by atoms with Gasteiger partial charge in [0.15, 0.2) is 17.5 Å². The fourth-order valence-corrected chi connectivity index (χ4v) is 8.50. The number of aromatic nitrogens is 6. The molecule has 1 aliphatic carbocycles. The van der Waals surface area contributed by atoms with Crippen molar-refractivity contribution in [1.82, 2.24) is 29.5 Å². The van der Waals surface area contributed by atoms with E-state index >= 15 is 0 Å². The van der Waals surface area contributed by atoms with Crippen molar-refractivity contribution in [3.8, 4) is 62.4 Å². The molecule has 254 valence electrons. The minimum atomic E-state index is 0.618. The Hall–Kier alpha value is -7.57. The van der Waals surface area contributed by atoms with Gasteiger partial charge in [-0.1, -0.05) is 133 Å². The molecule has 0 amide bonds. The molecule has 0 fully saturated rings. The highest BCUT2D eigenvalue weighted by Gasteiger charge is 2.29. The van der Waals surface area contributed by atoms with Gasteiger partial charge in [-0.05, 0) is 47.2 Å². The Morgan fingerprint density at radius 3 is 1.67 bits per heavy atom. The Morgan fingerprint density at radius 2 is 0.945 bits per heavy atom. The molecule has 0 bridgehead atoms. The van der Waals surface area contributed by atoms with Crippen LogP contribution in [0, 0.1) is 0 Å². The number of rotatable bonds is 4. The van der Waals surface area contributed by atoms with E-state index in [1.807, 2.05) is 84.9 Å². The summed E-state index contributed by atoms with van der Waals surface area (Å²) < 4.78 is 2.42. The Bertz CT molecular complexity index is 3310. The maximum Gasteiger partial charge on any atom is 0.164 e. The van der Waals surface area contributed by atoms with Crippen LogP contribution in [0.3, 0.4) is 0 Å². The van der Waals surface area contributed by atoms with Gasteiger partial charge in [-0.2, -0.15) is 0 Å². The fourth-order valence-electron chi connectivity index (χ4n) is 8.50. The number of benzene rings is 8. The van der Waals surface area contributed by atoms with Crippen LogP contribution >= 0.6 is 0 Å². The maximum absolute atomic E-state index is 5.22. The van der Waals surface area contributed by atoms with E-state index in [2.05, 4.69) is 89.5 Å². The standard InChI is InChI=1S/C49H28N6/c1-3-14-30(15-4-1)47-52-48(31-16-5-2-6-17-31)54-49(53-47)32-18-11-19-33(27-32)55-41-26-25-29-13-7-8-20-34(29)43(41)38-28-37-42-35(21-12-22-36(42)46(38)55)44-45(37)51-40-24-10-9-23-39(40)50-44/h1-28H.